The van der Waals surface area contributed by atoms with Crippen LogP contribution in [0.5, 0.6) is 0 Å². The highest BCUT2D eigenvalue weighted by atomic mass is 35.5. The lowest BCUT2D eigenvalue weighted by Gasteiger charge is -1.78. The largest absolute Gasteiger partial charge is 0.232 e. The number of rotatable bonds is 0. The number of hydrogen-bond donors (Lipinski definition) is 0. The van der Waals surface area contributed by atoms with Crippen LogP contribution in [0.1, 0.15) is 14.0 Å². The van der Waals surface area contributed by atoms with Crippen molar-refractivity contribution in [1.29, 1.82) is 5.26 Å². The average molecular weight is 226 g/mol. The molecular weight excluding hydrogens is 214 g/mol. The molecule has 0 bridgehead atoms. The smallest absolute Gasteiger partial charge is 0.228 e. The van der Waals surface area contributed by atoms with E-state index in [1.807, 2.05) is 0 Å². The zero-order valence-electron chi connectivity index (χ0n) is 13.1. The molecule has 6 heteroatoms. The van der Waals surface area contributed by atoms with Gasteiger partial charge in [0, 0.05) is 24.7 Å². The van der Waals surface area contributed by atoms with Crippen LogP contribution in [0.15, 0.2) is 36.8 Å². The SMILES string of the molecule is [2H]c1nc(C#N)nc([2H])c1[2H].[2H]c1nc(Cl)nc([2H])c1[2H]. The van der Waals surface area contributed by atoms with Gasteiger partial charge in [-0.1, -0.05) is 0 Å². The van der Waals surface area contributed by atoms with E-state index >= 15 is 0 Å². The maximum Gasteiger partial charge on any atom is 0.232 e. The molecule has 0 aliphatic heterocycles. The van der Waals surface area contributed by atoms with Crippen molar-refractivity contribution in [2.45, 2.75) is 0 Å². The number of nitrogens with zero attached hydrogens (tertiary/aromatic N) is 5. The molecule has 0 radical (unpaired) electrons. The van der Waals surface area contributed by atoms with Crippen molar-refractivity contribution in [1.82, 2.24) is 19.9 Å². The van der Waals surface area contributed by atoms with Crippen LogP contribution >= 0.6 is 11.6 Å². The third-order valence-corrected chi connectivity index (χ3v) is 1.11. The van der Waals surface area contributed by atoms with Crippen molar-refractivity contribution in [3.05, 3.63) is 47.9 Å². The maximum absolute atomic E-state index is 8.27. The Morgan fingerprint density at radius 3 is 2.00 bits per heavy atom. The Hall–Kier alpha value is -2.06. The van der Waals surface area contributed by atoms with Crippen LogP contribution in [-0.4, -0.2) is 19.9 Å². The molecule has 0 atom stereocenters. The Morgan fingerprint density at radius 1 is 1.07 bits per heavy atom. The van der Waals surface area contributed by atoms with E-state index in [4.69, 9.17) is 25.1 Å². The maximum atomic E-state index is 8.27. The topological polar surface area (TPSA) is 75.3 Å². The van der Waals surface area contributed by atoms with Gasteiger partial charge in [-0.3, -0.25) is 0 Å². The zero-order chi connectivity index (χ0) is 16.2. The first kappa shape index (κ1) is 5.14. The minimum Gasteiger partial charge on any atom is -0.228 e. The zero-order valence-corrected chi connectivity index (χ0v) is 7.87. The quantitative estimate of drug-likeness (QED) is 0.635. The lowest BCUT2D eigenvalue weighted by atomic mass is 10.6. The summed E-state index contributed by atoms with van der Waals surface area (Å²) < 4.78 is 41.9. The Morgan fingerprint density at radius 2 is 1.53 bits per heavy atom. The molecular formula is C9H6ClN5. The summed E-state index contributed by atoms with van der Waals surface area (Å²) in [7, 11) is 0. The molecule has 0 N–H and O–H groups in total. The normalized spacial score (nSPS) is 13.9. The van der Waals surface area contributed by atoms with E-state index < -0.39 is 0 Å². The molecule has 0 fully saturated rings. The predicted octanol–water partition coefficient (Wildman–Crippen LogP) is 1.48. The highest BCUT2D eigenvalue weighted by Gasteiger charge is 1.83. The minimum absolute atomic E-state index is 0.161. The number of hydrogen-bond acceptors (Lipinski definition) is 5. The second-order valence-corrected chi connectivity index (χ2v) is 2.19. The number of nitriles is 1. The van der Waals surface area contributed by atoms with Crippen LogP contribution in [0.3, 0.4) is 0 Å². The molecule has 74 valence electrons. The molecule has 2 aromatic heterocycles. The highest BCUT2D eigenvalue weighted by molar-refractivity contribution is 6.28. The summed E-state index contributed by atoms with van der Waals surface area (Å²) in [5, 5.41) is 8.11. The van der Waals surface area contributed by atoms with Gasteiger partial charge < -0.3 is 0 Å². The molecule has 2 heterocycles. The summed E-state index contributed by atoms with van der Waals surface area (Å²) in [5.41, 5.74) is 0. The van der Waals surface area contributed by atoms with Crippen molar-refractivity contribution in [3.63, 3.8) is 0 Å². The molecule has 0 aromatic carbocycles. The highest BCUT2D eigenvalue weighted by Crippen LogP contribution is 1.92. The van der Waals surface area contributed by atoms with Crippen LogP contribution < -0.4 is 0 Å². The summed E-state index contributed by atoms with van der Waals surface area (Å²) in [6.07, 6.45) is -1.40. The summed E-state index contributed by atoms with van der Waals surface area (Å²) in [4.78, 5) is 13.4. The summed E-state index contributed by atoms with van der Waals surface area (Å²) in [6.45, 7) is 0. The molecule has 0 aliphatic rings. The molecule has 2 aromatic rings. The summed E-state index contributed by atoms with van der Waals surface area (Å²) in [6, 6.07) is 0.931. The first-order chi connectivity index (χ1) is 9.76. The van der Waals surface area contributed by atoms with Gasteiger partial charge in [0.1, 0.15) is 6.07 Å². The van der Waals surface area contributed by atoms with Crippen LogP contribution in [0.25, 0.3) is 0 Å². The first-order valence-corrected chi connectivity index (χ1v) is 3.83. The fraction of sp³-hybridized carbons (Fsp3) is 0. The van der Waals surface area contributed by atoms with Crippen molar-refractivity contribution < 1.29 is 8.22 Å². The van der Waals surface area contributed by atoms with Crippen molar-refractivity contribution >= 4 is 11.6 Å². The standard InChI is InChI=1S/C5H3N3.C4H3ClN2/c6-4-5-7-2-1-3-8-5;5-4-6-2-1-3-7-4/h1-3H;1-3H/i2*1D,2D,3D. The van der Waals surface area contributed by atoms with Gasteiger partial charge in [-0.05, 0) is 23.7 Å². The lowest BCUT2D eigenvalue weighted by molar-refractivity contribution is 1.11. The van der Waals surface area contributed by atoms with Gasteiger partial charge in [0.2, 0.25) is 11.1 Å². The molecule has 2 rings (SSSR count). The lowest BCUT2D eigenvalue weighted by Crippen LogP contribution is -1.82. The minimum atomic E-state index is -0.387. The fourth-order valence-corrected chi connectivity index (χ4v) is 0.544. The molecule has 0 aliphatic carbocycles. The Bertz CT molecular complexity index is 672. The Labute approximate surface area is 99.9 Å². The monoisotopic (exact) mass is 225 g/mol. The number of halogens is 1. The van der Waals surface area contributed by atoms with E-state index in [9.17, 15) is 0 Å². The fourth-order valence-electron chi connectivity index (χ4n) is 0.460. The van der Waals surface area contributed by atoms with Gasteiger partial charge in [-0.2, -0.15) is 5.26 Å². The summed E-state index contributed by atoms with van der Waals surface area (Å²) >= 11 is 5.28. The van der Waals surface area contributed by atoms with Gasteiger partial charge in [-0.15, -0.1) is 0 Å². The van der Waals surface area contributed by atoms with Gasteiger partial charge in [0.05, 0.1) is 8.22 Å². The van der Waals surface area contributed by atoms with Gasteiger partial charge in [0.25, 0.3) is 0 Å². The van der Waals surface area contributed by atoms with Crippen molar-refractivity contribution in [3.8, 4) is 6.07 Å². The van der Waals surface area contributed by atoms with E-state index in [2.05, 4.69) is 19.9 Å². The van der Waals surface area contributed by atoms with Crippen LogP contribution in [0, 0.1) is 11.3 Å². The van der Waals surface area contributed by atoms with Gasteiger partial charge in [0.15, 0.2) is 0 Å². The van der Waals surface area contributed by atoms with Crippen LogP contribution in [0.2, 0.25) is 5.28 Å². The molecule has 0 saturated heterocycles. The third-order valence-electron chi connectivity index (χ3n) is 0.944. The summed E-state index contributed by atoms with van der Waals surface area (Å²) in [5.74, 6) is -0.240. The van der Waals surface area contributed by atoms with E-state index in [1.165, 1.54) is 0 Å². The molecule has 0 saturated carbocycles. The van der Waals surface area contributed by atoms with E-state index in [0.29, 0.717) is 0 Å². The van der Waals surface area contributed by atoms with E-state index in [0.717, 1.165) is 0 Å². The number of aromatic nitrogens is 4. The van der Waals surface area contributed by atoms with Crippen molar-refractivity contribution in [2.24, 2.45) is 0 Å². The van der Waals surface area contributed by atoms with E-state index in [1.54, 1.807) is 6.07 Å². The molecule has 5 nitrogen and oxygen atoms in total. The van der Waals surface area contributed by atoms with Crippen LogP contribution in [-0.2, 0) is 0 Å². The Kier molecular flexibility index (Phi) is 2.19. The molecule has 0 unspecified atom stereocenters. The van der Waals surface area contributed by atoms with Crippen molar-refractivity contribution in [2.75, 3.05) is 0 Å². The van der Waals surface area contributed by atoms with Gasteiger partial charge >= 0.3 is 0 Å². The third kappa shape index (κ3) is 4.64. The molecule has 0 spiro atoms. The van der Waals surface area contributed by atoms with Crippen LogP contribution in [0.4, 0.5) is 0 Å². The first-order valence-electron chi connectivity index (χ1n) is 6.45. The second kappa shape index (κ2) is 6.40. The Balaban J connectivity index is 0.000000211. The van der Waals surface area contributed by atoms with Gasteiger partial charge in [-0.25, -0.2) is 19.9 Å². The van der Waals surface area contributed by atoms with E-state index in [-0.39, 0.29) is 47.9 Å². The molecule has 15 heavy (non-hydrogen) atoms. The average Bonchev–Trinajstić information content (AvgIpc) is 2.42. The predicted molar refractivity (Wildman–Crippen MR) is 53.8 cm³/mol. The second-order valence-electron chi connectivity index (χ2n) is 1.85. The molecule has 0 amide bonds.